The molecule has 2 rings (SSSR count). The lowest BCUT2D eigenvalue weighted by molar-refractivity contribution is -0.143. The molecule has 0 aliphatic carbocycles. The van der Waals surface area contributed by atoms with Crippen LogP contribution in [0.5, 0.6) is 0 Å². The van der Waals surface area contributed by atoms with Crippen LogP contribution in [0.2, 0.25) is 0 Å². The number of amides is 1. The number of carbonyl (C=O) groups is 2. The molecule has 1 N–H and O–H groups in total. The van der Waals surface area contributed by atoms with Crippen molar-refractivity contribution in [1.29, 1.82) is 0 Å². The van der Waals surface area contributed by atoms with Gasteiger partial charge in [-0.3, -0.25) is 9.59 Å². The Hall–Kier alpha value is -2.04. The largest absolute Gasteiger partial charge is 0.464 e. The van der Waals surface area contributed by atoms with Crippen LogP contribution in [0.1, 0.15) is 40.0 Å². The number of fused-ring (bicyclic) bond motifs is 1. The number of rotatable bonds is 6. The minimum Gasteiger partial charge on any atom is -0.464 e. The van der Waals surface area contributed by atoms with Crippen molar-refractivity contribution < 1.29 is 14.3 Å². The van der Waals surface area contributed by atoms with Crippen LogP contribution >= 0.6 is 0 Å². The van der Waals surface area contributed by atoms with Crippen LogP contribution in [0.25, 0.3) is 0 Å². The van der Waals surface area contributed by atoms with Gasteiger partial charge in [0.25, 0.3) is 5.91 Å². The summed E-state index contributed by atoms with van der Waals surface area (Å²) in [5, 5.41) is 3.24. The monoisotopic (exact) mass is 304 g/mol. The minimum absolute atomic E-state index is 0.0178. The first-order valence-corrected chi connectivity index (χ1v) is 7.80. The van der Waals surface area contributed by atoms with Crippen LogP contribution in [0.4, 0.5) is 11.4 Å². The van der Waals surface area contributed by atoms with Gasteiger partial charge in [0.1, 0.15) is 12.1 Å². The fourth-order valence-corrected chi connectivity index (χ4v) is 2.52. The van der Waals surface area contributed by atoms with Gasteiger partial charge >= 0.3 is 5.97 Å². The number of benzene rings is 1. The molecule has 0 aromatic heterocycles. The average Bonchev–Trinajstić information content (AvgIpc) is 2.48. The van der Waals surface area contributed by atoms with Crippen LogP contribution in [0.15, 0.2) is 24.3 Å². The van der Waals surface area contributed by atoms with Crippen molar-refractivity contribution in [2.24, 2.45) is 0 Å². The highest BCUT2D eigenvalue weighted by molar-refractivity contribution is 6.07. The maximum atomic E-state index is 12.6. The third-order valence-corrected chi connectivity index (χ3v) is 3.73. The molecule has 22 heavy (non-hydrogen) atoms. The molecule has 1 aliphatic rings. The highest BCUT2D eigenvalue weighted by Crippen LogP contribution is 2.34. The predicted octanol–water partition coefficient (Wildman–Crippen LogP) is 2.96. The lowest BCUT2D eigenvalue weighted by Crippen LogP contribution is -2.54. The number of hydrogen-bond donors (Lipinski definition) is 1. The molecule has 0 spiro atoms. The maximum absolute atomic E-state index is 12.6. The number of anilines is 2. The van der Waals surface area contributed by atoms with Gasteiger partial charge in [0, 0.05) is 6.42 Å². The first-order valence-electron chi connectivity index (χ1n) is 7.80. The van der Waals surface area contributed by atoms with E-state index < -0.39 is 5.54 Å². The van der Waals surface area contributed by atoms with Crippen molar-refractivity contribution in [2.45, 2.75) is 45.6 Å². The molecule has 120 valence electrons. The Morgan fingerprint density at radius 3 is 2.77 bits per heavy atom. The second-order valence-corrected chi connectivity index (χ2v) is 6.05. The average molecular weight is 304 g/mol. The van der Waals surface area contributed by atoms with Crippen LogP contribution in [0.3, 0.4) is 0 Å². The van der Waals surface area contributed by atoms with E-state index in [1.807, 2.05) is 45.0 Å². The third kappa shape index (κ3) is 3.59. The zero-order valence-electron chi connectivity index (χ0n) is 13.5. The van der Waals surface area contributed by atoms with Gasteiger partial charge in [-0.1, -0.05) is 25.5 Å². The van der Waals surface area contributed by atoms with Crippen molar-refractivity contribution in [3.8, 4) is 0 Å². The molecule has 1 aliphatic heterocycles. The number of nitrogens with one attached hydrogen (secondary N) is 1. The van der Waals surface area contributed by atoms with Gasteiger partial charge in [-0.15, -0.1) is 0 Å². The highest BCUT2D eigenvalue weighted by Gasteiger charge is 2.38. The van der Waals surface area contributed by atoms with E-state index in [9.17, 15) is 9.59 Å². The van der Waals surface area contributed by atoms with E-state index in [-0.39, 0.29) is 18.5 Å². The quantitative estimate of drug-likeness (QED) is 0.821. The normalized spacial score (nSPS) is 16.0. The molecule has 0 saturated heterocycles. The van der Waals surface area contributed by atoms with E-state index in [1.54, 1.807) is 4.90 Å². The Kier molecular flexibility index (Phi) is 5.06. The number of ether oxygens (including phenoxy) is 1. The Balaban J connectivity index is 2.03. The summed E-state index contributed by atoms with van der Waals surface area (Å²) in [6, 6.07) is 7.67. The third-order valence-electron chi connectivity index (χ3n) is 3.73. The molecular formula is C17H24N2O3. The number of para-hydroxylation sites is 2. The molecule has 0 fully saturated rings. The van der Waals surface area contributed by atoms with Gasteiger partial charge in [-0.05, 0) is 32.4 Å². The smallest absolute Gasteiger partial charge is 0.305 e. The van der Waals surface area contributed by atoms with Gasteiger partial charge in [0.2, 0.25) is 0 Å². The molecule has 0 saturated carbocycles. The molecule has 0 atom stereocenters. The van der Waals surface area contributed by atoms with Crippen molar-refractivity contribution in [1.82, 2.24) is 0 Å². The van der Waals surface area contributed by atoms with Crippen LogP contribution in [-0.4, -0.2) is 30.6 Å². The Morgan fingerprint density at radius 2 is 2.05 bits per heavy atom. The summed E-state index contributed by atoms with van der Waals surface area (Å²) >= 11 is 0. The van der Waals surface area contributed by atoms with Crippen molar-refractivity contribution >= 4 is 23.3 Å². The fraction of sp³-hybridized carbons (Fsp3) is 0.529. The van der Waals surface area contributed by atoms with Crippen LogP contribution < -0.4 is 10.2 Å². The fourth-order valence-electron chi connectivity index (χ4n) is 2.52. The van der Waals surface area contributed by atoms with Gasteiger partial charge in [0.15, 0.2) is 0 Å². The summed E-state index contributed by atoms with van der Waals surface area (Å²) in [4.78, 5) is 25.8. The van der Waals surface area contributed by atoms with Gasteiger partial charge in [-0.2, -0.15) is 0 Å². The lowest BCUT2D eigenvalue weighted by Gasteiger charge is -2.39. The Bertz CT molecular complexity index is 555. The van der Waals surface area contributed by atoms with E-state index in [2.05, 4.69) is 5.32 Å². The van der Waals surface area contributed by atoms with Crippen LogP contribution in [0, 0.1) is 0 Å². The van der Waals surface area contributed by atoms with Gasteiger partial charge in [-0.25, -0.2) is 0 Å². The van der Waals surface area contributed by atoms with E-state index in [0.717, 1.165) is 24.2 Å². The first-order chi connectivity index (χ1) is 10.5. The molecule has 0 bridgehead atoms. The number of hydrogen-bond acceptors (Lipinski definition) is 4. The summed E-state index contributed by atoms with van der Waals surface area (Å²) in [5.74, 6) is -0.215. The SMILES string of the molecule is CCCCC(=O)OCCN1C(=O)C(C)(C)Nc2ccccc21. The van der Waals surface area contributed by atoms with Crippen molar-refractivity contribution in [3.05, 3.63) is 24.3 Å². The molecule has 1 heterocycles. The van der Waals surface area contributed by atoms with Crippen molar-refractivity contribution in [2.75, 3.05) is 23.4 Å². The van der Waals surface area contributed by atoms with Crippen LogP contribution in [-0.2, 0) is 14.3 Å². The molecular weight excluding hydrogens is 280 g/mol. The minimum atomic E-state index is -0.666. The topological polar surface area (TPSA) is 58.6 Å². The number of esters is 1. The van der Waals surface area contributed by atoms with Gasteiger partial charge in [0.05, 0.1) is 17.9 Å². The van der Waals surface area contributed by atoms with E-state index in [0.29, 0.717) is 13.0 Å². The molecule has 0 unspecified atom stereocenters. The summed E-state index contributed by atoms with van der Waals surface area (Å²) in [5.41, 5.74) is 1.08. The predicted molar refractivity (Wildman–Crippen MR) is 87.0 cm³/mol. The Labute approximate surface area is 131 Å². The zero-order valence-corrected chi connectivity index (χ0v) is 13.5. The van der Waals surface area contributed by atoms with E-state index in [1.165, 1.54) is 0 Å². The van der Waals surface area contributed by atoms with E-state index in [4.69, 9.17) is 4.74 Å². The maximum Gasteiger partial charge on any atom is 0.305 e. The summed E-state index contributed by atoms with van der Waals surface area (Å²) < 4.78 is 5.23. The molecule has 1 amide bonds. The summed E-state index contributed by atoms with van der Waals surface area (Å²) in [6.45, 7) is 6.33. The molecule has 0 radical (unpaired) electrons. The number of carbonyl (C=O) groups excluding carboxylic acids is 2. The molecule has 1 aromatic rings. The number of unbranched alkanes of at least 4 members (excludes halogenated alkanes) is 1. The highest BCUT2D eigenvalue weighted by atomic mass is 16.5. The standard InChI is InChI=1S/C17H24N2O3/c1-4-5-10-15(20)22-12-11-19-14-9-7-6-8-13(14)18-17(2,3)16(19)21/h6-9,18H,4-5,10-12H2,1-3H3. The second-order valence-electron chi connectivity index (χ2n) is 6.05. The molecule has 1 aromatic carbocycles. The summed E-state index contributed by atoms with van der Waals surface area (Å²) in [6.07, 6.45) is 2.24. The number of nitrogens with zero attached hydrogens (tertiary/aromatic N) is 1. The molecule has 5 nitrogen and oxygen atoms in total. The zero-order chi connectivity index (χ0) is 16.2. The van der Waals surface area contributed by atoms with Crippen molar-refractivity contribution in [3.63, 3.8) is 0 Å². The van der Waals surface area contributed by atoms with Gasteiger partial charge < -0.3 is 15.0 Å². The Morgan fingerprint density at radius 1 is 1.32 bits per heavy atom. The molecule has 5 heteroatoms. The lowest BCUT2D eigenvalue weighted by atomic mass is 9.98. The second kappa shape index (κ2) is 6.81. The van der Waals surface area contributed by atoms with E-state index >= 15 is 0 Å². The summed E-state index contributed by atoms with van der Waals surface area (Å²) in [7, 11) is 0. The first kappa shape index (κ1) is 16.3.